The summed E-state index contributed by atoms with van der Waals surface area (Å²) in [6.45, 7) is 2.53. The summed E-state index contributed by atoms with van der Waals surface area (Å²) in [5.74, 6) is -6.03. The number of ether oxygens (including phenoxy) is 3. The van der Waals surface area contributed by atoms with E-state index in [9.17, 15) is 14.7 Å². The number of urea groups is 1. The standard InChI is InChI=1S/C32H30F2N4O6/c1-18-8-9-24(31(39)40)25(14-18)44-30-27(34)28(42-22-10-12-38(13-11-22)32(36)41)26(33)29(37-30)43-23-7-3-6-21(16-23)20-5-2-4-19(15-20)17-35/h2-9,14-16,22H,10-13,17,35H2,1H3,(H2,36,41)(H,39,40). The minimum absolute atomic E-state index is 0.187. The van der Waals surface area contributed by atoms with Crippen molar-refractivity contribution in [2.24, 2.45) is 11.5 Å². The summed E-state index contributed by atoms with van der Waals surface area (Å²) in [5, 5.41) is 9.63. The lowest BCUT2D eigenvalue weighted by Gasteiger charge is -2.31. The van der Waals surface area contributed by atoms with Gasteiger partial charge in [-0.05, 0) is 59.5 Å². The van der Waals surface area contributed by atoms with Gasteiger partial charge in [0.25, 0.3) is 11.8 Å². The Labute approximate surface area is 251 Å². The maximum Gasteiger partial charge on any atom is 0.339 e. The smallest absolute Gasteiger partial charge is 0.339 e. The predicted octanol–water partition coefficient (Wildman–Crippen LogP) is 6.00. The van der Waals surface area contributed by atoms with E-state index >= 15 is 8.78 Å². The average molecular weight is 605 g/mol. The highest BCUT2D eigenvalue weighted by Gasteiger charge is 2.30. The van der Waals surface area contributed by atoms with E-state index in [-0.39, 0.29) is 43.0 Å². The molecule has 10 nitrogen and oxygen atoms in total. The lowest BCUT2D eigenvalue weighted by molar-refractivity contribution is 0.0694. The van der Waals surface area contributed by atoms with Gasteiger partial charge in [-0.3, -0.25) is 0 Å². The molecule has 2 amide bonds. The van der Waals surface area contributed by atoms with Crippen LogP contribution in [0.4, 0.5) is 13.6 Å². The van der Waals surface area contributed by atoms with Crippen molar-refractivity contribution in [3.05, 3.63) is 95.1 Å². The summed E-state index contributed by atoms with van der Waals surface area (Å²) in [6.07, 6.45) is -0.132. The normalized spacial score (nSPS) is 13.4. The first-order valence-corrected chi connectivity index (χ1v) is 13.8. The molecule has 2 heterocycles. The van der Waals surface area contributed by atoms with Crippen molar-refractivity contribution in [2.75, 3.05) is 13.1 Å². The molecule has 0 aliphatic carbocycles. The third-order valence-electron chi connectivity index (χ3n) is 7.13. The fraction of sp³-hybridized carbons (Fsp3) is 0.219. The number of primary amides is 1. The number of carboxylic acid groups (broad SMARTS) is 1. The number of aromatic nitrogens is 1. The van der Waals surface area contributed by atoms with Crippen molar-refractivity contribution in [1.29, 1.82) is 0 Å². The number of aryl methyl sites for hydroxylation is 1. The molecule has 0 bridgehead atoms. The zero-order valence-electron chi connectivity index (χ0n) is 23.8. The number of carboxylic acids is 1. The van der Waals surface area contributed by atoms with E-state index in [1.165, 1.54) is 17.0 Å². The van der Waals surface area contributed by atoms with Crippen LogP contribution in [-0.2, 0) is 6.54 Å². The number of hydrogen-bond acceptors (Lipinski definition) is 7. The van der Waals surface area contributed by atoms with E-state index in [1.807, 2.05) is 30.3 Å². The molecule has 0 unspecified atom stereocenters. The van der Waals surface area contributed by atoms with Gasteiger partial charge in [0, 0.05) is 32.5 Å². The highest BCUT2D eigenvalue weighted by atomic mass is 19.1. The summed E-state index contributed by atoms with van der Waals surface area (Å²) < 4.78 is 48.9. The quantitative estimate of drug-likeness (QED) is 0.211. The van der Waals surface area contributed by atoms with Gasteiger partial charge in [0.1, 0.15) is 23.2 Å². The van der Waals surface area contributed by atoms with Crippen LogP contribution in [-0.4, -0.2) is 46.2 Å². The van der Waals surface area contributed by atoms with E-state index in [0.717, 1.165) is 16.7 Å². The molecule has 1 aliphatic heterocycles. The third-order valence-corrected chi connectivity index (χ3v) is 7.13. The molecule has 12 heteroatoms. The lowest BCUT2D eigenvalue weighted by atomic mass is 10.0. The second-order valence-corrected chi connectivity index (χ2v) is 10.3. The number of carbonyl (C=O) groups is 2. The van der Waals surface area contributed by atoms with Crippen molar-refractivity contribution >= 4 is 12.0 Å². The number of piperidine rings is 1. The van der Waals surface area contributed by atoms with Crippen molar-refractivity contribution < 1.29 is 37.7 Å². The molecule has 4 aromatic rings. The van der Waals surface area contributed by atoms with Crippen LogP contribution in [0.3, 0.4) is 0 Å². The van der Waals surface area contributed by atoms with Crippen molar-refractivity contribution in [3.63, 3.8) is 0 Å². The monoisotopic (exact) mass is 604 g/mol. The number of pyridine rings is 1. The van der Waals surface area contributed by atoms with Crippen LogP contribution < -0.4 is 25.7 Å². The first-order valence-electron chi connectivity index (χ1n) is 13.8. The first kappa shape index (κ1) is 30.2. The van der Waals surface area contributed by atoms with Gasteiger partial charge in [-0.1, -0.05) is 36.4 Å². The second-order valence-electron chi connectivity index (χ2n) is 10.3. The van der Waals surface area contributed by atoms with Gasteiger partial charge in [0.05, 0.1) is 0 Å². The predicted molar refractivity (Wildman–Crippen MR) is 157 cm³/mol. The van der Waals surface area contributed by atoms with Gasteiger partial charge < -0.3 is 35.7 Å². The largest absolute Gasteiger partial charge is 0.484 e. The molecule has 5 N–H and O–H groups in total. The van der Waals surface area contributed by atoms with E-state index in [1.54, 1.807) is 31.2 Å². The molecule has 228 valence electrons. The summed E-state index contributed by atoms with van der Waals surface area (Å²) in [6, 6.07) is 18.0. The molecule has 5 rings (SSSR count). The molecular weight excluding hydrogens is 574 g/mol. The van der Waals surface area contributed by atoms with Gasteiger partial charge >= 0.3 is 12.0 Å². The zero-order valence-corrected chi connectivity index (χ0v) is 23.8. The summed E-state index contributed by atoms with van der Waals surface area (Å²) in [5.41, 5.74) is 14.0. The zero-order chi connectivity index (χ0) is 31.4. The van der Waals surface area contributed by atoms with Crippen LogP contribution in [0.1, 0.15) is 34.3 Å². The Kier molecular flexibility index (Phi) is 8.91. The first-order chi connectivity index (χ1) is 21.1. The van der Waals surface area contributed by atoms with E-state index in [0.29, 0.717) is 12.1 Å². The molecular formula is C32H30F2N4O6. The number of nitrogens with zero attached hydrogens (tertiary/aromatic N) is 2. The molecule has 3 aromatic carbocycles. The lowest BCUT2D eigenvalue weighted by Crippen LogP contribution is -2.44. The van der Waals surface area contributed by atoms with Crippen molar-refractivity contribution in [2.45, 2.75) is 32.4 Å². The molecule has 1 saturated heterocycles. The molecule has 0 radical (unpaired) electrons. The van der Waals surface area contributed by atoms with Crippen LogP contribution in [0, 0.1) is 18.6 Å². The summed E-state index contributed by atoms with van der Waals surface area (Å²) in [4.78, 5) is 28.7. The molecule has 1 fully saturated rings. The summed E-state index contributed by atoms with van der Waals surface area (Å²) in [7, 11) is 0. The molecule has 0 spiro atoms. The van der Waals surface area contributed by atoms with Gasteiger partial charge in [-0.15, -0.1) is 0 Å². The SMILES string of the molecule is Cc1ccc(C(=O)O)c(Oc2nc(Oc3cccc(-c4cccc(CN)c4)c3)c(F)c(OC3CCN(C(N)=O)CC3)c2F)c1. The molecule has 1 aliphatic rings. The highest BCUT2D eigenvalue weighted by Crippen LogP contribution is 2.40. The Hall–Kier alpha value is -5.23. The van der Waals surface area contributed by atoms with E-state index in [2.05, 4.69) is 4.98 Å². The Bertz CT molecular complexity index is 1710. The number of aromatic carboxylic acids is 1. The van der Waals surface area contributed by atoms with Crippen LogP contribution in [0.5, 0.6) is 29.0 Å². The number of rotatable bonds is 9. The van der Waals surface area contributed by atoms with E-state index < -0.39 is 47.2 Å². The topological polar surface area (TPSA) is 150 Å². The van der Waals surface area contributed by atoms with Crippen molar-refractivity contribution in [1.82, 2.24) is 9.88 Å². The van der Waals surface area contributed by atoms with Gasteiger partial charge in [-0.2, -0.15) is 13.8 Å². The average Bonchev–Trinajstić information content (AvgIpc) is 3.02. The van der Waals surface area contributed by atoms with Crippen LogP contribution in [0.25, 0.3) is 11.1 Å². The highest BCUT2D eigenvalue weighted by molar-refractivity contribution is 5.91. The number of halogens is 2. The van der Waals surface area contributed by atoms with Crippen LogP contribution in [0.15, 0.2) is 66.7 Å². The Balaban J connectivity index is 1.53. The Morgan fingerprint density at radius 2 is 1.61 bits per heavy atom. The van der Waals surface area contributed by atoms with E-state index in [4.69, 9.17) is 25.7 Å². The molecule has 44 heavy (non-hydrogen) atoms. The maximum absolute atomic E-state index is 15.9. The summed E-state index contributed by atoms with van der Waals surface area (Å²) >= 11 is 0. The minimum atomic E-state index is -1.31. The van der Waals surface area contributed by atoms with Gasteiger partial charge in [0.15, 0.2) is 0 Å². The third kappa shape index (κ3) is 6.70. The van der Waals surface area contributed by atoms with Crippen molar-refractivity contribution in [3.8, 4) is 40.1 Å². The fourth-order valence-electron chi connectivity index (χ4n) is 4.80. The fourth-order valence-corrected chi connectivity index (χ4v) is 4.80. The molecule has 0 atom stereocenters. The van der Waals surface area contributed by atoms with Gasteiger partial charge in [0.2, 0.25) is 17.4 Å². The van der Waals surface area contributed by atoms with Crippen LogP contribution in [0.2, 0.25) is 0 Å². The maximum atomic E-state index is 15.9. The number of amides is 2. The minimum Gasteiger partial charge on any atom is -0.484 e. The Morgan fingerprint density at radius 1 is 0.955 bits per heavy atom. The number of nitrogens with two attached hydrogens (primary N) is 2. The number of benzene rings is 3. The van der Waals surface area contributed by atoms with Gasteiger partial charge in [-0.25, -0.2) is 9.59 Å². The second kappa shape index (κ2) is 13.0. The number of hydrogen-bond donors (Lipinski definition) is 3. The number of likely N-dealkylation sites (tertiary alicyclic amines) is 1. The number of carbonyl (C=O) groups excluding carboxylic acids is 1. The molecule has 0 saturated carbocycles. The molecule has 1 aromatic heterocycles. The Morgan fingerprint density at radius 3 is 2.27 bits per heavy atom. The van der Waals surface area contributed by atoms with Crippen LogP contribution >= 0.6 is 0 Å².